The predicted octanol–water partition coefficient (Wildman–Crippen LogP) is 2.04. The summed E-state index contributed by atoms with van der Waals surface area (Å²) in [5, 5.41) is 9.12. The summed E-state index contributed by atoms with van der Waals surface area (Å²) in [7, 11) is -4.17. The van der Waals surface area contributed by atoms with Gasteiger partial charge in [0.1, 0.15) is 5.75 Å². The van der Waals surface area contributed by atoms with Crippen LogP contribution < -0.4 is 0 Å². The lowest BCUT2D eigenvalue weighted by molar-refractivity contribution is 0.475. The van der Waals surface area contributed by atoms with Crippen LogP contribution in [0.25, 0.3) is 0 Å². The number of hydrogen-bond donors (Lipinski definition) is 2. The van der Waals surface area contributed by atoms with Gasteiger partial charge in [-0.2, -0.15) is 8.42 Å². The van der Waals surface area contributed by atoms with E-state index in [0.29, 0.717) is 5.56 Å². The Morgan fingerprint density at radius 1 is 0.789 bits per heavy atom. The molecule has 0 unspecified atom stereocenters. The zero-order valence-electron chi connectivity index (χ0n) is 9.74. The predicted molar refractivity (Wildman–Crippen MR) is 70.3 cm³/mol. The molecule has 0 saturated heterocycles. The van der Waals surface area contributed by atoms with Gasteiger partial charge in [0, 0.05) is 11.1 Å². The van der Waals surface area contributed by atoms with Crippen molar-refractivity contribution in [3.63, 3.8) is 0 Å². The zero-order valence-corrected chi connectivity index (χ0v) is 10.6. The van der Waals surface area contributed by atoms with Crippen molar-refractivity contribution >= 4 is 10.1 Å². The minimum absolute atomic E-state index is 0.164. The van der Waals surface area contributed by atoms with Crippen LogP contribution in [-0.4, -0.2) is 18.1 Å². The second-order valence-corrected chi connectivity index (χ2v) is 5.22. The smallest absolute Gasteiger partial charge is 0.294 e. The fraction of sp³-hybridized carbons (Fsp3) is 0. The van der Waals surface area contributed by atoms with E-state index in [2.05, 4.69) is 11.8 Å². The fourth-order valence-corrected chi connectivity index (χ4v) is 1.88. The van der Waals surface area contributed by atoms with Crippen LogP contribution in [0.4, 0.5) is 0 Å². The molecule has 2 rings (SSSR count). The van der Waals surface area contributed by atoms with Gasteiger partial charge >= 0.3 is 0 Å². The molecule has 0 fully saturated rings. The van der Waals surface area contributed by atoms with Crippen LogP contribution in [-0.2, 0) is 10.1 Å². The van der Waals surface area contributed by atoms with Crippen molar-refractivity contribution in [1.29, 1.82) is 0 Å². The molecule has 0 bridgehead atoms. The molecule has 0 saturated carbocycles. The minimum Gasteiger partial charge on any atom is -0.508 e. The molecule has 0 amide bonds. The fourth-order valence-electron chi connectivity index (χ4n) is 1.40. The summed E-state index contributed by atoms with van der Waals surface area (Å²) in [5.74, 6) is 5.89. The summed E-state index contributed by atoms with van der Waals surface area (Å²) in [6, 6.07) is 12.0. The molecule has 2 N–H and O–H groups in total. The van der Waals surface area contributed by atoms with Gasteiger partial charge in [-0.25, -0.2) is 0 Å². The summed E-state index contributed by atoms with van der Waals surface area (Å²) in [6.07, 6.45) is 0. The Bertz CT molecular complexity index is 733. The molecular weight excluding hydrogens is 264 g/mol. The van der Waals surface area contributed by atoms with Crippen LogP contribution in [0, 0.1) is 11.8 Å². The lowest BCUT2D eigenvalue weighted by atomic mass is 10.2. The number of benzene rings is 2. The average Bonchev–Trinajstić information content (AvgIpc) is 2.37. The molecule has 4 nitrogen and oxygen atoms in total. The van der Waals surface area contributed by atoms with Gasteiger partial charge in [0.25, 0.3) is 10.1 Å². The molecule has 0 spiro atoms. The highest BCUT2D eigenvalue weighted by atomic mass is 32.2. The largest absolute Gasteiger partial charge is 0.508 e. The molecule has 0 aromatic heterocycles. The third-order valence-electron chi connectivity index (χ3n) is 2.37. The van der Waals surface area contributed by atoms with Crippen molar-refractivity contribution in [1.82, 2.24) is 0 Å². The van der Waals surface area contributed by atoms with Gasteiger partial charge in [-0.05, 0) is 48.5 Å². The third kappa shape index (κ3) is 3.58. The Morgan fingerprint density at radius 3 is 1.63 bits per heavy atom. The Labute approximate surface area is 111 Å². The van der Waals surface area contributed by atoms with Gasteiger partial charge in [-0.3, -0.25) is 4.55 Å². The molecule has 0 atom stereocenters. The Kier molecular flexibility index (Phi) is 3.56. The number of phenolic OH excluding ortho intramolecular Hbond substituents is 1. The summed E-state index contributed by atoms with van der Waals surface area (Å²) < 4.78 is 30.5. The van der Waals surface area contributed by atoms with Crippen LogP contribution in [0.5, 0.6) is 5.75 Å². The van der Waals surface area contributed by atoms with Crippen molar-refractivity contribution < 1.29 is 18.1 Å². The van der Waals surface area contributed by atoms with E-state index in [1.165, 1.54) is 36.4 Å². The van der Waals surface area contributed by atoms with Gasteiger partial charge in [0.2, 0.25) is 0 Å². The third-order valence-corrected chi connectivity index (χ3v) is 3.24. The topological polar surface area (TPSA) is 74.6 Å². The van der Waals surface area contributed by atoms with Gasteiger partial charge in [-0.15, -0.1) is 0 Å². The first-order valence-corrected chi connectivity index (χ1v) is 6.78. The van der Waals surface area contributed by atoms with Crippen molar-refractivity contribution in [2.45, 2.75) is 4.90 Å². The van der Waals surface area contributed by atoms with E-state index < -0.39 is 10.1 Å². The van der Waals surface area contributed by atoms with E-state index in [0.717, 1.165) is 5.56 Å². The first-order chi connectivity index (χ1) is 8.95. The van der Waals surface area contributed by atoms with E-state index in [4.69, 9.17) is 9.66 Å². The number of hydrogen-bond acceptors (Lipinski definition) is 3. The Morgan fingerprint density at radius 2 is 1.21 bits per heavy atom. The summed E-state index contributed by atoms with van der Waals surface area (Å²) in [6.45, 7) is 0. The highest BCUT2D eigenvalue weighted by Gasteiger charge is 2.07. The second kappa shape index (κ2) is 5.14. The van der Waals surface area contributed by atoms with Crippen molar-refractivity contribution in [3.05, 3.63) is 59.7 Å². The van der Waals surface area contributed by atoms with Crippen LogP contribution in [0.3, 0.4) is 0 Å². The molecule has 0 aliphatic heterocycles. The maximum absolute atomic E-state index is 10.9. The molecule has 0 aliphatic carbocycles. The average molecular weight is 274 g/mol. The summed E-state index contributed by atoms with van der Waals surface area (Å²) >= 11 is 0. The molecule has 5 heteroatoms. The van der Waals surface area contributed by atoms with E-state index in [9.17, 15) is 8.42 Å². The second-order valence-electron chi connectivity index (χ2n) is 3.80. The molecule has 96 valence electrons. The monoisotopic (exact) mass is 274 g/mol. The van der Waals surface area contributed by atoms with Gasteiger partial charge < -0.3 is 5.11 Å². The number of aromatic hydroxyl groups is 1. The number of phenols is 1. The summed E-state index contributed by atoms with van der Waals surface area (Å²) in [5.41, 5.74) is 1.36. The summed E-state index contributed by atoms with van der Waals surface area (Å²) in [4.78, 5) is -0.164. The minimum atomic E-state index is -4.17. The van der Waals surface area contributed by atoms with E-state index in [1.807, 2.05) is 0 Å². The van der Waals surface area contributed by atoms with Crippen molar-refractivity contribution in [2.24, 2.45) is 0 Å². The molecule has 0 aliphatic rings. The van der Waals surface area contributed by atoms with Crippen molar-refractivity contribution in [2.75, 3.05) is 0 Å². The highest BCUT2D eigenvalue weighted by Crippen LogP contribution is 2.10. The lowest BCUT2D eigenvalue weighted by Crippen LogP contribution is -1.97. The first-order valence-electron chi connectivity index (χ1n) is 5.34. The molecule has 2 aromatic carbocycles. The molecule has 2 aromatic rings. The standard InChI is InChI=1S/C14H10O4S/c15-13-7-3-11(4-8-13)1-2-12-5-9-14(10-6-12)19(16,17)18/h3-10,15H,(H,16,17,18). The normalized spacial score (nSPS) is 10.6. The number of rotatable bonds is 1. The quantitative estimate of drug-likeness (QED) is 0.616. The Balaban J connectivity index is 2.23. The maximum atomic E-state index is 10.9. The highest BCUT2D eigenvalue weighted by molar-refractivity contribution is 7.85. The van der Waals surface area contributed by atoms with Crippen molar-refractivity contribution in [3.8, 4) is 17.6 Å². The SMILES string of the molecule is O=S(=O)(O)c1ccc(C#Cc2ccc(O)cc2)cc1. The molecule has 19 heavy (non-hydrogen) atoms. The molecular formula is C14H10O4S. The van der Waals surface area contributed by atoms with Gasteiger partial charge in [-0.1, -0.05) is 11.8 Å². The van der Waals surface area contributed by atoms with Crippen LogP contribution in [0.15, 0.2) is 53.4 Å². The van der Waals surface area contributed by atoms with Crippen LogP contribution in [0.1, 0.15) is 11.1 Å². The van der Waals surface area contributed by atoms with Crippen LogP contribution >= 0.6 is 0 Å². The van der Waals surface area contributed by atoms with Crippen LogP contribution in [0.2, 0.25) is 0 Å². The van der Waals surface area contributed by atoms with Gasteiger partial charge in [0.05, 0.1) is 4.90 Å². The van der Waals surface area contributed by atoms with Gasteiger partial charge in [0.15, 0.2) is 0 Å². The zero-order chi connectivity index (χ0) is 13.9. The van der Waals surface area contributed by atoms with E-state index >= 15 is 0 Å². The van der Waals surface area contributed by atoms with E-state index in [-0.39, 0.29) is 10.6 Å². The maximum Gasteiger partial charge on any atom is 0.294 e. The first kappa shape index (κ1) is 13.1. The Hall–Kier alpha value is -2.29. The molecule has 0 heterocycles. The molecule has 0 radical (unpaired) electrons. The lowest BCUT2D eigenvalue weighted by Gasteiger charge is -1.96. The van der Waals surface area contributed by atoms with E-state index in [1.54, 1.807) is 12.1 Å².